The number of benzene rings is 1. The molecule has 0 fully saturated rings. The molecule has 2 rings (SSSR count). The van der Waals surface area contributed by atoms with Crippen molar-refractivity contribution in [3.05, 3.63) is 51.8 Å². The maximum Gasteiger partial charge on any atom is -1.00 e. The van der Waals surface area contributed by atoms with Gasteiger partial charge in [0.25, 0.3) is 0 Å². The van der Waals surface area contributed by atoms with Gasteiger partial charge in [0.15, 0.2) is 0 Å². The first-order valence-electron chi connectivity index (χ1n) is 4.13. The van der Waals surface area contributed by atoms with Gasteiger partial charge in [-0.2, -0.15) is 0 Å². The molecular formula is C11H11Zr-. The fraction of sp³-hybridized carbons (Fsp3) is 0.0909. The Balaban J connectivity index is 0.000000845. The van der Waals surface area contributed by atoms with Crippen molar-refractivity contribution >= 4 is 3.27 Å². The van der Waals surface area contributed by atoms with Crippen molar-refractivity contribution in [1.82, 2.24) is 0 Å². The van der Waals surface area contributed by atoms with Gasteiger partial charge in [0, 0.05) is 0 Å². The fourth-order valence-electron chi connectivity index (χ4n) is 1.25. The van der Waals surface area contributed by atoms with Gasteiger partial charge in [-0.1, -0.05) is 0 Å². The van der Waals surface area contributed by atoms with Gasteiger partial charge in [0.1, 0.15) is 0 Å². The van der Waals surface area contributed by atoms with Crippen molar-refractivity contribution in [1.29, 1.82) is 0 Å². The molecule has 0 aliphatic heterocycles. The molecule has 1 aromatic carbocycles. The molecule has 0 nitrogen and oxygen atoms in total. The van der Waals surface area contributed by atoms with E-state index in [9.17, 15) is 0 Å². The number of hydrogen-bond acceptors (Lipinski definition) is 0. The number of hydrogen-bond donors (Lipinski definition) is 0. The van der Waals surface area contributed by atoms with Gasteiger partial charge in [-0.15, -0.1) is 0 Å². The molecule has 1 aliphatic rings. The summed E-state index contributed by atoms with van der Waals surface area (Å²) in [4.78, 5) is 0. The fourth-order valence-corrected chi connectivity index (χ4v) is 4.02. The largest absolute Gasteiger partial charge is 1.00 e. The average Bonchev–Trinajstić information content (AvgIpc) is 2.59. The van der Waals surface area contributed by atoms with Crippen LogP contribution in [-0.2, 0) is 23.2 Å². The summed E-state index contributed by atoms with van der Waals surface area (Å²) in [5, 5.41) is 0. The summed E-state index contributed by atoms with van der Waals surface area (Å²) in [6.07, 6.45) is 7.93. The molecule has 0 bridgehead atoms. The quantitative estimate of drug-likeness (QED) is 0.737. The summed E-state index contributed by atoms with van der Waals surface area (Å²) >= 11 is -0.414. The number of rotatable bonds is 2. The van der Waals surface area contributed by atoms with Crippen LogP contribution in [0, 0.1) is 0 Å². The Hall–Kier alpha value is -0.417. The van der Waals surface area contributed by atoms with Gasteiger partial charge in [-0.3, -0.25) is 0 Å². The maximum atomic E-state index is 2.29. The predicted octanol–water partition coefficient (Wildman–Crippen LogP) is 2.35. The first-order valence-corrected chi connectivity index (χ1v) is 6.59. The third-order valence-corrected chi connectivity index (χ3v) is 5.08. The summed E-state index contributed by atoms with van der Waals surface area (Å²) < 4.78 is 3.26. The summed E-state index contributed by atoms with van der Waals surface area (Å²) in [5.74, 6) is 0. The SMILES string of the molecule is C1=CC[C]([Zr][c]2ccccc2)=C1.[H-]. The van der Waals surface area contributed by atoms with E-state index in [1.807, 2.05) is 0 Å². The van der Waals surface area contributed by atoms with E-state index in [0.29, 0.717) is 0 Å². The first-order chi connectivity index (χ1) is 5.95. The summed E-state index contributed by atoms with van der Waals surface area (Å²) in [5.41, 5.74) is 0. The van der Waals surface area contributed by atoms with Crippen molar-refractivity contribution in [3.8, 4) is 0 Å². The molecule has 0 atom stereocenters. The van der Waals surface area contributed by atoms with Crippen molar-refractivity contribution in [3.63, 3.8) is 0 Å². The van der Waals surface area contributed by atoms with Crippen LogP contribution in [0.15, 0.2) is 51.8 Å². The third kappa shape index (κ3) is 2.04. The van der Waals surface area contributed by atoms with Gasteiger partial charge in [-0.25, -0.2) is 0 Å². The summed E-state index contributed by atoms with van der Waals surface area (Å²) in [6, 6.07) is 10.9. The second-order valence-corrected chi connectivity index (χ2v) is 6.43. The Bertz CT molecular complexity index is 314. The minimum absolute atomic E-state index is 0. The molecule has 0 spiro atoms. The molecule has 0 aromatic heterocycles. The topological polar surface area (TPSA) is 0 Å². The van der Waals surface area contributed by atoms with Crippen LogP contribution < -0.4 is 3.27 Å². The van der Waals surface area contributed by atoms with Crippen LogP contribution in [0.3, 0.4) is 0 Å². The molecule has 12 heavy (non-hydrogen) atoms. The molecule has 0 amide bonds. The molecule has 0 saturated carbocycles. The van der Waals surface area contributed by atoms with Gasteiger partial charge < -0.3 is 1.43 Å². The molecule has 0 radical (unpaired) electrons. The molecule has 0 unspecified atom stereocenters. The molecular weight excluding hydrogens is 223 g/mol. The Morgan fingerprint density at radius 3 is 2.67 bits per heavy atom. The van der Waals surface area contributed by atoms with E-state index >= 15 is 0 Å². The normalized spacial score (nSPS) is 14.5. The van der Waals surface area contributed by atoms with Crippen molar-refractivity contribution < 1.29 is 24.7 Å². The Labute approximate surface area is 86.1 Å². The van der Waals surface area contributed by atoms with Crippen LogP contribution in [0.2, 0.25) is 0 Å². The van der Waals surface area contributed by atoms with E-state index in [0.717, 1.165) is 0 Å². The van der Waals surface area contributed by atoms with E-state index in [2.05, 4.69) is 48.6 Å². The van der Waals surface area contributed by atoms with Crippen LogP contribution in [0.1, 0.15) is 7.85 Å². The first kappa shape index (κ1) is 8.19. The third-order valence-electron chi connectivity index (χ3n) is 1.85. The maximum absolute atomic E-state index is 2.29. The van der Waals surface area contributed by atoms with Gasteiger partial charge in [-0.05, 0) is 0 Å². The minimum Gasteiger partial charge on any atom is -1.00 e. The van der Waals surface area contributed by atoms with Crippen LogP contribution in [0.5, 0.6) is 0 Å². The van der Waals surface area contributed by atoms with Crippen LogP contribution in [-0.4, -0.2) is 0 Å². The van der Waals surface area contributed by atoms with E-state index < -0.39 is 23.2 Å². The van der Waals surface area contributed by atoms with E-state index in [-0.39, 0.29) is 1.43 Å². The molecule has 1 aromatic rings. The Morgan fingerprint density at radius 1 is 1.17 bits per heavy atom. The van der Waals surface area contributed by atoms with Crippen LogP contribution >= 0.6 is 0 Å². The average molecular weight is 234 g/mol. The molecule has 1 aliphatic carbocycles. The summed E-state index contributed by atoms with van der Waals surface area (Å²) in [7, 11) is 0. The predicted molar refractivity (Wildman–Crippen MR) is 49.0 cm³/mol. The van der Waals surface area contributed by atoms with Gasteiger partial charge in [0.2, 0.25) is 0 Å². The zero-order chi connectivity index (χ0) is 8.23. The van der Waals surface area contributed by atoms with Crippen molar-refractivity contribution in [2.75, 3.05) is 0 Å². The molecule has 1 heteroatoms. The Kier molecular flexibility index (Phi) is 2.73. The smallest absolute Gasteiger partial charge is 1.00 e. The second kappa shape index (κ2) is 4.00. The van der Waals surface area contributed by atoms with E-state index in [1.54, 1.807) is 6.55 Å². The summed E-state index contributed by atoms with van der Waals surface area (Å²) in [6.45, 7) is 0. The number of allylic oxidation sites excluding steroid dienone is 4. The molecule has 0 saturated heterocycles. The zero-order valence-electron chi connectivity index (χ0n) is 7.83. The second-order valence-electron chi connectivity index (χ2n) is 2.82. The van der Waals surface area contributed by atoms with Gasteiger partial charge >= 0.3 is 84.8 Å². The van der Waals surface area contributed by atoms with Crippen LogP contribution in [0.4, 0.5) is 0 Å². The van der Waals surface area contributed by atoms with Crippen LogP contribution in [0.25, 0.3) is 0 Å². The minimum atomic E-state index is -0.414. The standard InChI is InChI=1S/C6H5.C5H5.Zr.H/c1-2-4-6-5-3-1;1-2-4-5-3-1;;/h1-5H;1-3H,4H2;;/q;;;-1. The van der Waals surface area contributed by atoms with E-state index in [4.69, 9.17) is 0 Å². The molecule has 0 N–H and O–H groups in total. The zero-order valence-corrected chi connectivity index (χ0v) is 9.28. The van der Waals surface area contributed by atoms with Gasteiger partial charge in [0.05, 0.1) is 0 Å². The molecule has 60 valence electrons. The Morgan fingerprint density at radius 2 is 2.00 bits per heavy atom. The van der Waals surface area contributed by atoms with E-state index in [1.165, 1.54) is 6.42 Å². The van der Waals surface area contributed by atoms with Crippen molar-refractivity contribution in [2.45, 2.75) is 6.42 Å². The monoisotopic (exact) mass is 233 g/mol. The molecule has 0 heterocycles. The van der Waals surface area contributed by atoms with Crippen molar-refractivity contribution in [2.24, 2.45) is 0 Å².